The lowest BCUT2D eigenvalue weighted by molar-refractivity contribution is 1.04. The van der Waals surface area contributed by atoms with Crippen LogP contribution in [0.2, 0.25) is 0 Å². The maximum Gasteiger partial charge on any atom is 0.304 e. The Morgan fingerprint density at radius 1 is 1.62 bits per heavy atom. The Hall–Kier alpha value is -1.82. The topological polar surface area (TPSA) is 83.8 Å². The number of aromatic nitrogens is 2. The summed E-state index contributed by atoms with van der Waals surface area (Å²) in [5.74, 6) is 0.637. The second-order valence-corrected chi connectivity index (χ2v) is 4.32. The van der Waals surface area contributed by atoms with Crippen LogP contribution in [0.5, 0.6) is 0 Å². The van der Waals surface area contributed by atoms with Gasteiger partial charge in [0.05, 0.1) is 12.2 Å². The molecule has 4 N–H and O–H groups in total. The molecule has 2 aromatic rings. The summed E-state index contributed by atoms with van der Waals surface area (Å²) < 4.78 is 0. The molecule has 0 aliphatic heterocycles. The number of nitrogen functional groups attached to an aromatic ring is 1. The van der Waals surface area contributed by atoms with Crippen molar-refractivity contribution in [2.45, 2.75) is 13.5 Å². The molecule has 0 fully saturated rings. The van der Waals surface area contributed by atoms with Crippen LogP contribution in [-0.4, -0.2) is 9.97 Å². The molecule has 0 unspecified atom stereocenters. The van der Waals surface area contributed by atoms with E-state index in [-0.39, 0.29) is 4.87 Å². The van der Waals surface area contributed by atoms with Crippen molar-refractivity contribution in [3.05, 3.63) is 38.6 Å². The van der Waals surface area contributed by atoms with Gasteiger partial charge in [0.25, 0.3) is 0 Å². The largest absolute Gasteiger partial charge is 0.396 e. The number of hydrogen-bond donors (Lipinski definition) is 3. The van der Waals surface area contributed by atoms with Crippen molar-refractivity contribution in [2.24, 2.45) is 0 Å². The summed E-state index contributed by atoms with van der Waals surface area (Å²) in [5, 5.41) is 4.85. The zero-order chi connectivity index (χ0) is 11.5. The van der Waals surface area contributed by atoms with Crippen LogP contribution in [0.1, 0.15) is 11.3 Å². The number of aryl methyl sites for hydroxylation is 1. The van der Waals surface area contributed by atoms with E-state index in [1.165, 1.54) is 0 Å². The molecule has 0 aliphatic carbocycles. The average molecular weight is 236 g/mol. The van der Waals surface area contributed by atoms with E-state index in [0.29, 0.717) is 18.1 Å². The van der Waals surface area contributed by atoms with Crippen molar-refractivity contribution in [1.29, 1.82) is 0 Å². The van der Waals surface area contributed by atoms with Crippen LogP contribution in [-0.2, 0) is 6.54 Å². The number of nitrogens with two attached hydrogens (primary N) is 1. The number of pyridine rings is 1. The van der Waals surface area contributed by atoms with Gasteiger partial charge < -0.3 is 16.0 Å². The molecule has 0 bridgehead atoms. The van der Waals surface area contributed by atoms with Gasteiger partial charge in [-0.1, -0.05) is 11.3 Å². The van der Waals surface area contributed by atoms with Crippen LogP contribution < -0.4 is 15.9 Å². The van der Waals surface area contributed by atoms with Crippen LogP contribution in [0.15, 0.2) is 22.4 Å². The third-order valence-corrected chi connectivity index (χ3v) is 2.79. The van der Waals surface area contributed by atoms with Gasteiger partial charge in [-0.2, -0.15) is 0 Å². The van der Waals surface area contributed by atoms with E-state index in [4.69, 9.17) is 5.73 Å². The number of nitrogens with one attached hydrogen (secondary N) is 2. The Morgan fingerprint density at radius 3 is 3.06 bits per heavy atom. The van der Waals surface area contributed by atoms with Crippen molar-refractivity contribution < 1.29 is 0 Å². The molecule has 84 valence electrons. The van der Waals surface area contributed by atoms with E-state index in [0.717, 1.165) is 22.6 Å². The summed E-state index contributed by atoms with van der Waals surface area (Å²) in [5.41, 5.74) is 8.26. The molecular weight excluding hydrogens is 224 g/mol. The number of nitrogens with zero attached hydrogens (tertiary/aromatic N) is 1. The molecule has 6 heteroatoms. The molecule has 5 nitrogen and oxygen atoms in total. The predicted octanol–water partition coefficient (Wildman–Crippen LogP) is 1.33. The summed E-state index contributed by atoms with van der Waals surface area (Å²) in [7, 11) is 0. The lowest BCUT2D eigenvalue weighted by Gasteiger charge is -2.07. The molecule has 16 heavy (non-hydrogen) atoms. The highest BCUT2D eigenvalue weighted by molar-refractivity contribution is 7.07. The maximum atomic E-state index is 10.9. The molecule has 0 saturated carbocycles. The van der Waals surface area contributed by atoms with Crippen molar-refractivity contribution in [3.8, 4) is 0 Å². The van der Waals surface area contributed by atoms with E-state index in [2.05, 4.69) is 15.3 Å². The first-order chi connectivity index (χ1) is 7.65. The number of rotatable bonds is 3. The lowest BCUT2D eigenvalue weighted by atomic mass is 10.3. The van der Waals surface area contributed by atoms with Gasteiger partial charge in [0.2, 0.25) is 0 Å². The minimum absolute atomic E-state index is 0.0540. The maximum absolute atomic E-state index is 10.9. The molecule has 2 rings (SSSR count). The molecule has 0 amide bonds. The van der Waals surface area contributed by atoms with E-state index >= 15 is 0 Å². The van der Waals surface area contributed by atoms with Crippen molar-refractivity contribution >= 4 is 22.8 Å². The number of aromatic amines is 1. The minimum atomic E-state index is -0.0540. The first-order valence-electron chi connectivity index (χ1n) is 4.78. The molecule has 0 radical (unpaired) electrons. The smallest absolute Gasteiger partial charge is 0.304 e. The van der Waals surface area contributed by atoms with Gasteiger partial charge in [-0.05, 0) is 18.6 Å². The van der Waals surface area contributed by atoms with Gasteiger partial charge in [-0.3, -0.25) is 4.79 Å². The summed E-state index contributed by atoms with van der Waals surface area (Å²) in [6.45, 7) is 2.45. The first kappa shape index (κ1) is 10.7. The normalized spacial score (nSPS) is 10.3. The number of thiazole rings is 1. The van der Waals surface area contributed by atoms with Gasteiger partial charge in [0, 0.05) is 17.3 Å². The fourth-order valence-corrected chi connectivity index (χ4v) is 1.90. The van der Waals surface area contributed by atoms with E-state index < -0.39 is 0 Å². The molecule has 0 aromatic carbocycles. The van der Waals surface area contributed by atoms with Crippen LogP contribution in [0.4, 0.5) is 11.5 Å². The summed E-state index contributed by atoms with van der Waals surface area (Å²) in [6, 6.07) is 1.85. The van der Waals surface area contributed by atoms with Gasteiger partial charge >= 0.3 is 4.87 Å². The van der Waals surface area contributed by atoms with Crippen LogP contribution >= 0.6 is 11.3 Å². The van der Waals surface area contributed by atoms with Gasteiger partial charge in [0.1, 0.15) is 5.82 Å². The standard InChI is InChI=1S/C10H12N4OS/c1-6-2-8(11)9(12-3-6)13-4-7-5-16-10(15)14-7/h2-3,5H,4,11H2,1H3,(H,12,13)(H,14,15). The van der Waals surface area contributed by atoms with Gasteiger partial charge in [0.15, 0.2) is 0 Å². The highest BCUT2D eigenvalue weighted by Gasteiger charge is 2.01. The predicted molar refractivity (Wildman–Crippen MR) is 65.7 cm³/mol. The van der Waals surface area contributed by atoms with E-state index in [1.54, 1.807) is 11.6 Å². The fourth-order valence-electron chi connectivity index (χ4n) is 1.32. The lowest BCUT2D eigenvalue weighted by Crippen LogP contribution is -2.06. The second kappa shape index (κ2) is 4.36. The molecular formula is C10H12N4OS. The van der Waals surface area contributed by atoms with Crippen LogP contribution in [0.25, 0.3) is 0 Å². The zero-order valence-corrected chi connectivity index (χ0v) is 9.60. The van der Waals surface area contributed by atoms with E-state index in [9.17, 15) is 4.79 Å². The average Bonchev–Trinajstić information content (AvgIpc) is 2.63. The zero-order valence-electron chi connectivity index (χ0n) is 8.78. The Bertz CT molecular complexity index is 546. The summed E-state index contributed by atoms with van der Waals surface area (Å²) >= 11 is 1.14. The number of H-pyrrole nitrogens is 1. The molecule has 0 saturated heterocycles. The summed E-state index contributed by atoms with van der Waals surface area (Å²) in [6.07, 6.45) is 1.75. The number of hydrogen-bond acceptors (Lipinski definition) is 5. The highest BCUT2D eigenvalue weighted by atomic mass is 32.1. The van der Waals surface area contributed by atoms with E-state index in [1.807, 2.05) is 13.0 Å². The van der Waals surface area contributed by atoms with Crippen LogP contribution in [0.3, 0.4) is 0 Å². The van der Waals surface area contributed by atoms with Crippen molar-refractivity contribution in [1.82, 2.24) is 9.97 Å². The third kappa shape index (κ3) is 2.40. The van der Waals surface area contributed by atoms with Gasteiger partial charge in [-0.25, -0.2) is 4.98 Å². The second-order valence-electron chi connectivity index (χ2n) is 3.48. The highest BCUT2D eigenvalue weighted by Crippen LogP contribution is 2.16. The van der Waals surface area contributed by atoms with Crippen LogP contribution in [0, 0.1) is 6.92 Å². The summed E-state index contributed by atoms with van der Waals surface area (Å²) in [4.78, 5) is 17.7. The SMILES string of the molecule is Cc1cnc(NCc2csc(=O)[nH]2)c(N)c1. The minimum Gasteiger partial charge on any atom is -0.396 e. The van der Waals surface area contributed by atoms with Crippen molar-refractivity contribution in [2.75, 3.05) is 11.1 Å². The molecule has 0 atom stereocenters. The third-order valence-electron chi connectivity index (χ3n) is 2.07. The molecule has 0 spiro atoms. The first-order valence-corrected chi connectivity index (χ1v) is 5.66. The Kier molecular flexibility index (Phi) is 2.91. The van der Waals surface area contributed by atoms with Gasteiger partial charge in [-0.15, -0.1) is 0 Å². The van der Waals surface area contributed by atoms with Crippen molar-refractivity contribution in [3.63, 3.8) is 0 Å². The molecule has 2 aromatic heterocycles. The monoisotopic (exact) mass is 236 g/mol. The Balaban J connectivity index is 2.07. The Labute approximate surface area is 96.3 Å². The quantitative estimate of drug-likeness (QED) is 0.750. The molecule has 0 aliphatic rings. The Morgan fingerprint density at radius 2 is 2.44 bits per heavy atom. The fraction of sp³-hybridized carbons (Fsp3) is 0.200. The molecule has 2 heterocycles. The number of anilines is 2.